The minimum absolute atomic E-state index is 0.0264. The fraction of sp³-hybridized carbons (Fsp3) is 0.739. The van der Waals surface area contributed by atoms with Gasteiger partial charge in [0, 0.05) is 44.5 Å². The van der Waals surface area contributed by atoms with Gasteiger partial charge in [-0.15, -0.1) is 10.2 Å². The lowest BCUT2D eigenvalue weighted by Crippen LogP contribution is -2.58. The van der Waals surface area contributed by atoms with Crippen molar-refractivity contribution in [2.24, 2.45) is 23.2 Å². The summed E-state index contributed by atoms with van der Waals surface area (Å²) in [6.07, 6.45) is 13.9. The molecule has 3 heterocycles. The number of anilines is 1. The first-order chi connectivity index (χ1) is 14.7. The van der Waals surface area contributed by atoms with Gasteiger partial charge in [-0.25, -0.2) is 4.98 Å². The summed E-state index contributed by atoms with van der Waals surface area (Å²) >= 11 is 0. The second kappa shape index (κ2) is 6.17. The molecule has 1 saturated heterocycles. The Morgan fingerprint density at radius 1 is 0.933 bits per heavy atom. The molecule has 2 aromatic rings. The SMILES string of the molecule is O=C(N1CCN(c2nccn3c(C4CC4)nnc23)CC1)C12CC3CC(CC(C3)C1)C2. The number of hydrogen-bond donors (Lipinski definition) is 0. The van der Waals surface area contributed by atoms with Crippen molar-refractivity contribution in [3.63, 3.8) is 0 Å². The minimum Gasteiger partial charge on any atom is -0.350 e. The molecule has 0 radical (unpaired) electrons. The maximum absolute atomic E-state index is 13.7. The molecule has 0 aromatic carbocycles. The van der Waals surface area contributed by atoms with Crippen LogP contribution < -0.4 is 4.90 Å². The van der Waals surface area contributed by atoms with E-state index in [1.165, 1.54) is 32.1 Å². The van der Waals surface area contributed by atoms with Crippen molar-refractivity contribution in [3.8, 4) is 0 Å². The monoisotopic (exact) mass is 406 g/mol. The van der Waals surface area contributed by atoms with E-state index < -0.39 is 0 Å². The van der Waals surface area contributed by atoms with Crippen LogP contribution in [0, 0.1) is 23.2 Å². The number of carbonyl (C=O) groups excluding carboxylic acids is 1. The van der Waals surface area contributed by atoms with E-state index in [-0.39, 0.29) is 5.41 Å². The zero-order valence-electron chi connectivity index (χ0n) is 17.5. The van der Waals surface area contributed by atoms with Crippen LogP contribution in [0.3, 0.4) is 0 Å². The summed E-state index contributed by atoms with van der Waals surface area (Å²) in [5, 5.41) is 8.91. The lowest BCUT2D eigenvalue weighted by Gasteiger charge is -2.57. The number of piperazine rings is 1. The maximum atomic E-state index is 13.7. The third-order valence-corrected chi connectivity index (χ3v) is 8.64. The van der Waals surface area contributed by atoms with Gasteiger partial charge in [-0.2, -0.15) is 0 Å². The molecule has 1 amide bonds. The Morgan fingerprint density at radius 2 is 1.60 bits per heavy atom. The van der Waals surface area contributed by atoms with Crippen LogP contribution in [0.5, 0.6) is 0 Å². The number of hydrogen-bond acceptors (Lipinski definition) is 5. The molecule has 30 heavy (non-hydrogen) atoms. The van der Waals surface area contributed by atoms with Crippen LogP contribution >= 0.6 is 0 Å². The summed E-state index contributed by atoms with van der Waals surface area (Å²) in [7, 11) is 0. The normalized spacial score (nSPS) is 35.4. The van der Waals surface area contributed by atoms with Gasteiger partial charge in [0.15, 0.2) is 5.82 Å². The van der Waals surface area contributed by atoms with E-state index in [2.05, 4.69) is 29.4 Å². The second-order valence-electron chi connectivity index (χ2n) is 10.8. The topological polar surface area (TPSA) is 66.6 Å². The standard InChI is InChI=1S/C23H30N6O/c30-22(23-12-15-9-16(13-23)11-17(10-15)14-23)28-7-5-27(6-8-28)20-21-26-25-19(18-1-2-18)29(21)4-3-24-20/h3-4,15-18H,1-2,5-14H2. The quantitative estimate of drug-likeness (QED) is 0.784. The molecule has 8 rings (SSSR count). The van der Waals surface area contributed by atoms with E-state index in [0.29, 0.717) is 11.8 Å². The molecule has 0 N–H and O–H groups in total. The average Bonchev–Trinajstić information content (AvgIpc) is 3.50. The molecule has 0 atom stereocenters. The zero-order valence-corrected chi connectivity index (χ0v) is 17.5. The third-order valence-electron chi connectivity index (χ3n) is 8.64. The number of aromatic nitrogens is 4. The van der Waals surface area contributed by atoms with Gasteiger partial charge in [-0.1, -0.05) is 0 Å². The van der Waals surface area contributed by atoms with Crippen molar-refractivity contribution in [3.05, 3.63) is 18.2 Å². The highest BCUT2D eigenvalue weighted by molar-refractivity contribution is 5.83. The van der Waals surface area contributed by atoms with Crippen molar-refractivity contribution in [2.45, 2.75) is 57.3 Å². The van der Waals surface area contributed by atoms with Crippen LogP contribution in [0.1, 0.15) is 63.1 Å². The predicted molar refractivity (Wildman–Crippen MR) is 112 cm³/mol. The number of fused-ring (bicyclic) bond motifs is 1. The summed E-state index contributed by atoms with van der Waals surface area (Å²) in [5.41, 5.74) is 0.835. The van der Waals surface area contributed by atoms with Crippen LogP contribution in [-0.2, 0) is 4.79 Å². The number of nitrogens with zero attached hydrogens (tertiary/aromatic N) is 6. The Labute approximate surface area is 176 Å². The summed E-state index contributed by atoms with van der Waals surface area (Å²) < 4.78 is 2.12. The van der Waals surface area contributed by atoms with Crippen molar-refractivity contribution in [2.75, 3.05) is 31.1 Å². The van der Waals surface area contributed by atoms with Gasteiger partial charge in [-0.3, -0.25) is 9.20 Å². The van der Waals surface area contributed by atoms with Crippen molar-refractivity contribution in [1.29, 1.82) is 0 Å². The van der Waals surface area contributed by atoms with Gasteiger partial charge in [0.25, 0.3) is 0 Å². The number of carbonyl (C=O) groups is 1. The highest BCUT2D eigenvalue weighted by atomic mass is 16.2. The first-order valence-corrected chi connectivity index (χ1v) is 11.9. The Hall–Kier alpha value is -2.18. The molecule has 7 heteroatoms. The molecule has 6 aliphatic rings. The van der Waals surface area contributed by atoms with E-state index in [0.717, 1.165) is 80.5 Å². The lowest BCUT2D eigenvalue weighted by atomic mass is 9.49. The first kappa shape index (κ1) is 17.5. The highest BCUT2D eigenvalue weighted by Crippen LogP contribution is 2.60. The molecule has 5 saturated carbocycles. The highest BCUT2D eigenvalue weighted by Gasteiger charge is 2.55. The zero-order chi connectivity index (χ0) is 19.9. The molecule has 4 bridgehead atoms. The molecule has 2 aromatic heterocycles. The fourth-order valence-electron chi connectivity index (χ4n) is 7.50. The molecule has 6 fully saturated rings. The summed E-state index contributed by atoms with van der Waals surface area (Å²) in [6.45, 7) is 3.26. The molecule has 158 valence electrons. The molecular formula is C23H30N6O. The lowest BCUT2D eigenvalue weighted by molar-refractivity contribution is -0.158. The molecule has 5 aliphatic carbocycles. The Kier molecular flexibility index (Phi) is 3.60. The van der Waals surface area contributed by atoms with Crippen LogP contribution in [0.2, 0.25) is 0 Å². The van der Waals surface area contributed by atoms with E-state index in [9.17, 15) is 4.79 Å². The number of rotatable bonds is 3. The van der Waals surface area contributed by atoms with Gasteiger partial charge in [0.05, 0.1) is 5.41 Å². The number of amides is 1. The van der Waals surface area contributed by atoms with E-state index in [4.69, 9.17) is 0 Å². The van der Waals surface area contributed by atoms with Crippen molar-refractivity contribution < 1.29 is 4.79 Å². The smallest absolute Gasteiger partial charge is 0.228 e. The Balaban J connectivity index is 1.09. The van der Waals surface area contributed by atoms with Gasteiger partial charge >= 0.3 is 0 Å². The van der Waals surface area contributed by atoms with Crippen LogP contribution in [0.15, 0.2) is 12.4 Å². The Bertz CT molecular complexity index is 967. The molecule has 7 nitrogen and oxygen atoms in total. The fourth-order valence-corrected chi connectivity index (χ4v) is 7.50. The summed E-state index contributed by atoms with van der Waals surface area (Å²) in [5.74, 6) is 5.46. The first-order valence-electron chi connectivity index (χ1n) is 11.9. The molecule has 0 unspecified atom stereocenters. The third kappa shape index (κ3) is 2.56. The predicted octanol–water partition coefficient (Wildman–Crippen LogP) is 2.87. The second-order valence-corrected chi connectivity index (χ2v) is 10.8. The summed E-state index contributed by atoms with van der Waals surface area (Å²) in [6, 6.07) is 0. The van der Waals surface area contributed by atoms with E-state index in [1.54, 1.807) is 0 Å². The van der Waals surface area contributed by atoms with Crippen molar-refractivity contribution >= 4 is 17.4 Å². The van der Waals surface area contributed by atoms with Crippen LogP contribution in [0.25, 0.3) is 5.65 Å². The average molecular weight is 407 g/mol. The van der Waals surface area contributed by atoms with Gasteiger partial charge < -0.3 is 9.80 Å². The van der Waals surface area contributed by atoms with E-state index >= 15 is 0 Å². The van der Waals surface area contributed by atoms with Gasteiger partial charge in [0.2, 0.25) is 11.6 Å². The van der Waals surface area contributed by atoms with E-state index in [1.807, 2.05) is 12.4 Å². The molecule has 0 spiro atoms. The Morgan fingerprint density at radius 3 is 2.23 bits per heavy atom. The molecular weight excluding hydrogens is 376 g/mol. The van der Waals surface area contributed by atoms with Gasteiger partial charge in [0.1, 0.15) is 5.82 Å². The van der Waals surface area contributed by atoms with Crippen LogP contribution in [-0.4, -0.2) is 56.6 Å². The molecule has 1 aliphatic heterocycles. The minimum atomic E-state index is -0.0264. The maximum Gasteiger partial charge on any atom is 0.228 e. The largest absolute Gasteiger partial charge is 0.350 e. The van der Waals surface area contributed by atoms with Gasteiger partial charge in [-0.05, 0) is 69.1 Å². The summed E-state index contributed by atoms with van der Waals surface area (Å²) in [4.78, 5) is 22.8. The van der Waals surface area contributed by atoms with Crippen molar-refractivity contribution in [1.82, 2.24) is 24.5 Å². The van der Waals surface area contributed by atoms with Crippen LogP contribution in [0.4, 0.5) is 5.82 Å².